The van der Waals surface area contributed by atoms with Crippen LogP contribution in [0.4, 0.5) is 0 Å². The van der Waals surface area contributed by atoms with Crippen LogP contribution < -0.4 is 5.14 Å². The number of hydrogen-bond donors (Lipinski definition) is 1. The van der Waals surface area contributed by atoms with E-state index in [4.69, 9.17) is 0 Å². The van der Waals surface area contributed by atoms with Crippen LogP contribution in [0.3, 0.4) is 0 Å². The molecule has 36 valence electrons. The van der Waals surface area contributed by atoms with Crippen molar-refractivity contribution >= 4 is 17.9 Å². The fraction of sp³-hybridized carbons (Fsp3) is 1.00. The van der Waals surface area contributed by atoms with E-state index in [9.17, 15) is 8.42 Å². The van der Waals surface area contributed by atoms with E-state index in [1.54, 1.807) is 0 Å². The molecule has 0 aromatic heterocycles. The van der Waals surface area contributed by atoms with Crippen LogP contribution in [0.5, 0.6) is 0 Å². The normalized spacial score (nSPS) is 11.5. The molecule has 6 heavy (non-hydrogen) atoms. The van der Waals surface area contributed by atoms with Crippen molar-refractivity contribution in [1.29, 1.82) is 0 Å². The largest absolute Gasteiger partial charge is 0.229 e. The lowest BCUT2D eigenvalue weighted by Gasteiger charge is -1.81. The summed E-state index contributed by atoms with van der Waals surface area (Å²) < 4.78 is 19.6. The van der Waals surface area contributed by atoms with Gasteiger partial charge in [-0.2, -0.15) is 0 Å². The third-order valence-electron chi connectivity index (χ3n) is 0.402. The molecule has 0 saturated carbocycles. The Bertz CT molecular complexity index is 116. The molecule has 5 heteroatoms. The first-order valence-electron chi connectivity index (χ1n) is 1.56. The van der Waals surface area contributed by atoms with Gasteiger partial charge in [0.05, 0.1) is 0 Å². The summed E-state index contributed by atoms with van der Waals surface area (Å²) in [5.41, 5.74) is 0.0208. The maximum absolute atomic E-state index is 9.78. The molecule has 0 fully saturated rings. The summed E-state index contributed by atoms with van der Waals surface area (Å²) in [6.45, 7) is 0. The van der Waals surface area contributed by atoms with Crippen molar-refractivity contribution in [3.63, 3.8) is 0 Å². The van der Waals surface area contributed by atoms with Gasteiger partial charge in [-0.15, -0.1) is 0 Å². The molecule has 0 aromatic rings. The van der Waals surface area contributed by atoms with Crippen LogP contribution in [0.2, 0.25) is 0 Å². The lowest BCUT2D eigenvalue weighted by Crippen LogP contribution is -2.15. The molecule has 0 aromatic carbocycles. The molecule has 0 bridgehead atoms. The average molecular weight is 107 g/mol. The molecule has 0 rings (SSSR count). The van der Waals surface area contributed by atoms with E-state index in [0.29, 0.717) is 0 Å². The van der Waals surface area contributed by atoms with Crippen LogP contribution in [-0.4, -0.2) is 21.9 Å². The molecule has 0 unspecified atom stereocenters. The van der Waals surface area contributed by atoms with Gasteiger partial charge in [0.25, 0.3) is 0 Å². The Morgan fingerprint density at radius 1 is 1.67 bits per heavy atom. The highest BCUT2D eigenvalue weighted by Gasteiger charge is 1.91. The van der Waals surface area contributed by atoms with Crippen molar-refractivity contribution in [2.45, 2.75) is 0 Å². The van der Waals surface area contributed by atoms with Crippen molar-refractivity contribution in [2.24, 2.45) is 5.14 Å². The summed E-state index contributed by atoms with van der Waals surface area (Å²) >= 11 is 0. The maximum atomic E-state index is 9.78. The molecule has 0 amide bonds. The molecule has 0 aliphatic rings. The third-order valence-corrected chi connectivity index (χ3v) is 1.21. The van der Waals surface area contributed by atoms with Crippen LogP contribution in [0.15, 0.2) is 0 Å². The lowest BCUT2D eigenvalue weighted by molar-refractivity contribution is 0.602. The highest BCUT2D eigenvalue weighted by atomic mass is 32.2. The van der Waals surface area contributed by atoms with E-state index in [-0.39, 0.29) is 5.65 Å². The minimum absolute atomic E-state index is 0.0208. The fourth-order valence-electron chi connectivity index (χ4n) is 0. The van der Waals surface area contributed by atoms with E-state index in [0.717, 1.165) is 0 Å². The number of hydrogen-bond acceptors (Lipinski definition) is 2. The lowest BCUT2D eigenvalue weighted by atomic mass is 10.2. The molecule has 0 spiro atoms. The topological polar surface area (TPSA) is 60.2 Å². The van der Waals surface area contributed by atoms with Crippen LogP contribution in [0.25, 0.3) is 0 Å². The zero-order chi connectivity index (χ0) is 5.21. The highest BCUT2D eigenvalue weighted by molar-refractivity contribution is 7.90. The van der Waals surface area contributed by atoms with Gasteiger partial charge in [-0.05, 0) is 0 Å². The molecule has 0 atom stereocenters. The standard InChI is InChI=1S/CH6BNO2S/c2-1-6(3,4)5/h1-2H2,(H2,3,4,5). The molecular weight excluding hydrogens is 101 g/mol. The van der Waals surface area contributed by atoms with Crippen LogP contribution in [-0.2, 0) is 10.0 Å². The van der Waals surface area contributed by atoms with E-state index < -0.39 is 10.0 Å². The van der Waals surface area contributed by atoms with E-state index in [2.05, 4.69) is 5.14 Å². The first-order valence-corrected chi connectivity index (χ1v) is 3.28. The van der Waals surface area contributed by atoms with Gasteiger partial charge in [0.15, 0.2) is 0 Å². The van der Waals surface area contributed by atoms with E-state index in [1.165, 1.54) is 7.85 Å². The summed E-state index contributed by atoms with van der Waals surface area (Å²) in [6, 6.07) is 0. The molecule has 0 radical (unpaired) electrons. The van der Waals surface area contributed by atoms with Crippen molar-refractivity contribution in [1.82, 2.24) is 0 Å². The summed E-state index contributed by atoms with van der Waals surface area (Å²) in [6.07, 6.45) is 0. The van der Waals surface area contributed by atoms with Gasteiger partial charge in [0.1, 0.15) is 7.85 Å². The van der Waals surface area contributed by atoms with Crippen molar-refractivity contribution in [3.8, 4) is 0 Å². The van der Waals surface area contributed by atoms with Crippen molar-refractivity contribution < 1.29 is 8.42 Å². The van der Waals surface area contributed by atoms with Gasteiger partial charge >= 0.3 is 0 Å². The van der Waals surface area contributed by atoms with Gasteiger partial charge in [0.2, 0.25) is 10.0 Å². The molecule has 0 heterocycles. The van der Waals surface area contributed by atoms with Crippen molar-refractivity contribution in [2.75, 3.05) is 5.65 Å². The third kappa shape index (κ3) is 3.97. The second-order valence-electron chi connectivity index (χ2n) is 0.952. The average Bonchev–Trinajstić information content (AvgIpc) is 1.35. The number of nitrogens with two attached hydrogens (primary N) is 1. The monoisotopic (exact) mass is 107 g/mol. The van der Waals surface area contributed by atoms with Crippen molar-refractivity contribution in [3.05, 3.63) is 0 Å². The Hall–Kier alpha value is -0.0251. The quantitative estimate of drug-likeness (QED) is 0.389. The fourth-order valence-corrected chi connectivity index (χ4v) is 0. The summed E-state index contributed by atoms with van der Waals surface area (Å²) in [7, 11) is -1.67. The molecule has 2 N–H and O–H groups in total. The first kappa shape index (κ1) is 5.97. The molecule has 0 aliphatic heterocycles. The predicted octanol–water partition coefficient (Wildman–Crippen LogP) is -2.13. The molecule has 3 nitrogen and oxygen atoms in total. The van der Waals surface area contributed by atoms with E-state index in [1.807, 2.05) is 0 Å². The minimum atomic E-state index is -3.16. The van der Waals surface area contributed by atoms with Gasteiger partial charge in [-0.3, -0.25) is 0 Å². The number of sulfonamides is 1. The second-order valence-corrected chi connectivity index (χ2v) is 2.85. The van der Waals surface area contributed by atoms with E-state index >= 15 is 0 Å². The number of rotatable bonds is 1. The zero-order valence-corrected chi connectivity index (χ0v) is 4.33. The summed E-state index contributed by atoms with van der Waals surface area (Å²) in [4.78, 5) is 0. The second kappa shape index (κ2) is 1.62. The van der Waals surface area contributed by atoms with Crippen LogP contribution >= 0.6 is 0 Å². The van der Waals surface area contributed by atoms with Gasteiger partial charge in [-0.1, -0.05) is 0 Å². The van der Waals surface area contributed by atoms with Gasteiger partial charge < -0.3 is 0 Å². The Kier molecular flexibility index (Phi) is 1.61. The zero-order valence-electron chi connectivity index (χ0n) is 3.51. The Labute approximate surface area is 38.0 Å². The Morgan fingerprint density at radius 3 is 1.83 bits per heavy atom. The molecular formula is CH6BNO2S. The number of primary sulfonamides is 1. The Balaban J connectivity index is 3.85. The SMILES string of the molecule is BCS(N)(=O)=O. The molecule has 0 aliphatic carbocycles. The van der Waals surface area contributed by atoms with Crippen LogP contribution in [0, 0.1) is 0 Å². The summed E-state index contributed by atoms with van der Waals surface area (Å²) in [5, 5.41) is 4.51. The van der Waals surface area contributed by atoms with Gasteiger partial charge in [-0.25, -0.2) is 13.6 Å². The smallest absolute Gasteiger partial charge is 0.201 e. The van der Waals surface area contributed by atoms with Gasteiger partial charge in [0, 0.05) is 5.65 Å². The maximum Gasteiger partial charge on any atom is 0.201 e. The summed E-state index contributed by atoms with van der Waals surface area (Å²) in [5.74, 6) is 0. The minimum Gasteiger partial charge on any atom is -0.229 e. The molecule has 0 saturated heterocycles. The Morgan fingerprint density at radius 2 is 1.83 bits per heavy atom. The van der Waals surface area contributed by atoms with Crippen LogP contribution in [0.1, 0.15) is 0 Å². The highest BCUT2D eigenvalue weighted by Crippen LogP contribution is 1.63. The first-order chi connectivity index (χ1) is 2.56. The predicted molar refractivity (Wildman–Crippen MR) is 26.5 cm³/mol.